The van der Waals surface area contributed by atoms with E-state index >= 15 is 0 Å². The summed E-state index contributed by atoms with van der Waals surface area (Å²) in [5, 5.41) is 10.8. The lowest BCUT2D eigenvalue weighted by atomic mass is 10.1. The first-order chi connectivity index (χ1) is 11.9. The third-order valence-corrected chi connectivity index (χ3v) is 3.91. The van der Waals surface area contributed by atoms with Crippen LogP contribution in [-0.4, -0.2) is 15.0 Å². The van der Waals surface area contributed by atoms with Gasteiger partial charge in [0.25, 0.3) is 0 Å². The molecule has 118 valence electrons. The normalized spacial score (nSPS) is 11.0. The highest BCUT2D eigenvalue weighted by Gasteiger charge is 2.03. The zero-order valence-electron chi connectivity index (χ0n) is 13.2. The van der Waals surface area contributed by atoms with Crippen LogP contribution in [0.2, 0.25) is 0 Å². The monoisotopic (exact) mass is 315 g/mol. The van der Waals surface area contributed by atoms with Crippen LogP contribution in [0.15, 0.2) is 79.0 Å². The molecule has 0 saturated carbocycles. The second kappa shape index (κ2) is 6.64. The Bertz CT molecular complexity index is 947. The summed E-state index contributed by atoms with van der Waals surface area (Å²) in [6.45, 7) is 0.929. The molecule has 4 aromatic rings. The van der Waals surface area contributed by atoms with Gasteiger partial charge in [0.1, 0.15) is 12.4 Å². The Hall–Kier alpha value is -2.98. The van der Waals surface area contributed by atoms with Crippen LogP contribution in [0.3, 0.4) is 0 Å². The molecular weight excluding hydrogens is 298 g/mol. The van der Waals surface area contributed by atoms with Crippen molar-refractivity contribution < 1.29 is 4.74 Å². The number of hydrogen-bond acceptors (Lipinski definition) is 3. The van der Waals surface area contributed by atoms with Crippen LogP contribution < -0.4 is 0 Å². The van der Waals surface area contributed by atoms with Gasteiger partial charge in [-0.25, -0.2) is 4.68 Å². The minimum absolute atomic E-state index is 0.382. The molecule has 24 heavy (non-hydrogen) atoms. The molecule has 0 aliphatic heterocycles. The van der Waals surface area contributed by atoms with E-state index in [1.807, 2.05) is 48.7 Å². The van der Waals surface area contributed by atoms with E-state index in [4.69, 9.17) is 4.74 Å². The summed E-state index contributed by atoms with van der Waals surface area (Å²) in [4.78, 5) is 0. The van der Waals surface area contributed by atoms with E-state index in [9.17, 15) is 0 Å². The molecule has 0 bridgehead atoms. The van der Waals surface area contributed by atoms with E-state index in [2.05, 4.69) is 40.6 Å². The molecule has 4 nitrogen and oxygen atoms in total. The Morgan fingerprint density at radius 2 is 1.62 bits per heavy atom. The number of ether oxygens (including phenoxy) is 1. The molecule has 0 aliphatic rings. The summed E-state index contributed by atoms with van der Waals surface area (Å²) in [6.07, 6.45) is 1.90. The predicted molar refractivity (Wildman–Crippen MR) is 94.2 cm³/mol. The zero-order valence-corrected chi connectivity index (χ0v) is 13.2. The first kappa shape index (κ1) is 14.6. The highest BCUT2D eigenvalue weighted by molar-refractivity contribution is 5.82. The molecule has 4 heteroatoms. The Balaban J connectivity index is 1.39. The fourth-order valence-corrected chi connectivity index (χ4v) is 2.69. The van der Waals surface area contributed by atoms with Crippen LogP contribution in [0.5, 0.6) is 0 Å². The van der Waals surface area contributed by atoms with Gasteiger partial charge in [0.2, 0.25) is 0 Å². The van der Waals surface area contributed by atoms with Crippen molar-refractivity contribution in [2.45, 2.75) is 13.3 Å². The minimum atomic E-state index is 0.382. The maximum absolute atomic E-state index is 5.76. The average molecular weight is 315 g/mol. The Labute approximate surface area is 140 Å². The molecule has 1 aromatic heterocycles. The van der Waals surface area contributed by atoms with Gasteiger partial charge in [0.15, 0.2) is 0 Å². The van der Waals surface area contributed by atoms with Crippen LogP contribution in [0.4, 0.5) is 0 Å². The average Bonchev–Trinajstić information content (AvgIpc) is 3.11. The lowest BCUT2D eigenvalue weighted by Gasteiger charge is -2.05. The summed E-state index contributed by atoms with van der Waals surface area (Å²) in [5.41, 5.74) is 3.06. The van der Waals surface area contributed by atoms with Crippen molar-refractivity contribution in [3.05, 3.63) is 84.6 Å². The summed E-state index contributed by atoms with van der Waals surface area (Å²) >= 11 is 0. The summed E-state index contributed by atoms with van der Waals surface area (Å²) < 4.78 is 7.48. The van der Waals surface area contributed by atoms with Gasteiger partial charge in [-0.3, -0.25) is 0 Å². The number of benzene rings is 3. The molecule has 1 heterocycles. The summed E-state index contributed by atoms with van der Waals surface area (Å²) in [6, 6.07) is 24.7. The third-order valence-electron chi connectivity index (χ3n) is 3.91. The third kappa shape index (κ3) is 3.19. The van der Waals surface area contributed by atoms with Gasteiger partial charge in [-0.1, -0.05) is 71.9 Å². The minimum Gasteiger partial charge on any atom is -0.355 e. The molecule has 0 amide bonds. The van der Waals surface area contributed by atoms with Crippen molar-refractivity contribution in [2.24, 2.45) is 0 Å². The molecule has 0 saturated heterocycles. The lowest BCUT2D eigenvalue weighted by Crippen LogP contribution is -2.03. The number of nitrogens with zero attached hydrogens (tertiary/aromatic N) is 3. The smallest absolute Gasteiger partial charge is 0.141 e. The van der Waals surface area contributed by atoms with Gasteiger partial charge in [0, 0.05) is 5.56 Å². The predicted octanol–water partition coefficient (Wildman–Crippen LogP) is 4.27. The number of rotatable bonds is 5. The Morgan fingerprint density at radius 3 is 2.50 bits per heavy atom. The Morgan fingerprint density at radius 1 is 0.833 bits per heavy atom. The quantitative estimate of drug-likeness (QED) is 0.552. The lowest BCUT2D eigenvalue weighted by molar-refractivity contribution is 0.0550. The first-order valence-corrected chi connectivity index (χ1v) is 7.89. The standard InChI is InChI=1S/C20H17N3O/c1-2-7-18(8-3-1)20-13-23(22-21-20)15-24-14-16-10-11-17-6-4-5-9-19(17)12-16/h1-13H,14-15H2. The second-order valence-corrected chi connectivity index (χ2v) is 5.67. The van der Waals surface area contributed by atoms with Crippen molar-refractivity contribution >= 4 is 10.8 Å². The van der Waals surface area contributed by atoms with E-state index in [1.165, 1.54) is 10.8 Å². The van der Waals surface area contributed by atoms with Crippen molar-refractivity contribution in [1.29, 1.82) is 0 Å². The van der Waals surface area contributed by atoms with Crippen molar-refractivity contribution in [3.8, 4) is 11.3 Å². The summed E-state index contributed by atoms with van der Waals surface area (Å²) in [5.74, 6) is 0. The van der Waals surface area contributed by atoms with Gasteiger partial charge >= 0.3 is 0 Å². The molecular formula is C20H17N3O. The van der Waals surface area contributed by atoms with Crippen LogP contribution in [0.1, 0.15) is 5.56 Å². The van der Waals surface area contributed by atoms with Crippen LogP contribution >= 0.6 is 0 Å². The highest BCUT2D eigenvalue weighted by Crippen LogP contribution is 2.17. The molecule has 0 unspecified atom stereocenters. The number of fused-ring (bicyclic) bond motifs is 1. The molecule has 0 atom stereocenters. The van der Waals surface area contributed by atoms with E-state index in [0.717, 1.165) is 16.8 Å². The van der Waals surface area contributed by atoms with Gasteiger partial charge in [-0.05, 0) is 22.4 Å². The molecule has 0 aliphatic carbocycles. The maximum Gasteiger partial charge on any atom is 0.141 e. The molecule has 0 N–H and O–H groups in total. The van der Waals surface area contributed by atoms with E-state index in [1.54, 1.807) is 4.68 Å². The number of hydrogen-bond donors (Lipinski definition) is 0. The van der Waals surface area contributed by atoms with Crippen molar-refractivity contribution in [3.63, 3.8) is 0 Å². The largest absolute Gasteiger partial charge is 0.355 e. The van der Waals surface area contributed by atoms with E-state index < -0.39 is 0 Å². The topological polar surface area (TPSA) is 39.9 Å². The fraction of sp³-hybridized carbons (Fsp3) is 0.100. The van der Waals surface area contributed by atoms with Crippen LogP contribution in [0, 0.1) is 0 Å². The number of aromatic nitrogens is 3. The van der Waals surface area contributed by atoms with Gasteiger partial charge in [-0.15, -0.1) is 5.10 Å². The first-order valence-electron chi connectivity index (χ1n) is 7.89. The van der Waals surface area contributed by atoms with Gasteiger partial charge in [0.05, 0.1) is 12.8 Å². The van der Waals surface area contributed by atoms with Crippen LogP contribution in [0.25, 0.3) is 22.0 Å². The SMILES string of the molecule is c1ccc(-c2cn(COCc3ccc4ccccc4c3)nn2)cc1. The molecule has 0 spiro atoms. The molecule has 0 radical (unpaired) electrons. The molecule has 0 fully saturated rings. The Kier molecular flexibility index (Phi) is 4.04. The fourth-order valence-electron chi connectivity index (χ4n) is 2.69. The summed E-state index contributed by atoms with van der Waals surface area (Å²) in [7, 11) is 0. The zero-order chi connectivity index (χ0) is 16.2. The van der Waals surface area contributed by atoms with E-state index in [-0.39, 0.29) is 0 Å². The van der Waals surface area contributed by atoms with Gasteiger partial charge in [-0.2, -0.15) is 0 Å². The van der Waals surface area contributed by atoms with Crippen molar-refractivity contribution in [2.75, 3.05) is 0 Å². The molecule has 4 rings (SSSR count). The molecule has 3 aromatic carbocycles. The van der Waals surface area contributed by atoms with Crippen molar-refractivity contribution in [1.82, 2.24) is 15.0 Å². The second-order valence-electron chi connectivity index (χ2n) is 5.67. The van der Waals surface area contributed by atoms with Crippen LogP contribution in [-0.2, 0) is 18.1 Å². The van der Waals surface area contributed by atoms with Gasteiger partial charge < -0.3 is 4.74 Å². The maximum atomic E-state index is 5.76. The van der Waals surface area contributed by atoms with E-state index in [0.29, 0.717) is 13.3 Å². The highest BCUT2D eigenvalue weighted by atomic mass is 16.5.